The molecule has 6 aromatic rings. The van der Waals surface area contributed by atoms with Gasteiger partial charge in [-0.15, -0.1) is 0 Å². The monoisotopic (exact) mass is 517 g/mol. The molecular weight excluding hydrogens is 484 g/mol. The molecule has 6 rings (SSSR count). The molecule has 6 aromatic carbocycles. The van der Waals surface area contributed by atoms with Crippen LogP contribution in [0.15, 0.2) is 127 Å². The van der Waals surface area contributed by atoms with Crippen molar-refractivity contribution in [3.63, 3.8) is 0 Å². The van der Waals surface area contributed by atoms with E-state index in [1.54, 1.807) is 0 Å². The first-order valence-electron chi connectivity index (χ1n) is 13.8. The van der Waals surface area contributed by atoms with E-state index in [1.807, 2.05) is 0 Å². The second-order valence-corrected chi connectivity index (χ2v) is 10.6. The van der Waals surface area contributed by atoms with Gasteiger partial charge >= 0.3 is 0 Å². The fourth-order valence-electron chi connectivity index (χ4n) is 5.39. The van der Waals surface area contributed by atoms with E-state index in [0.29, 0.717) is 0 Å². The van der Waals surface area contributed by atoms with Crippen LogP contribution in [0.5, 0.6) is 0 Å². The summed E-state index contributed by atoms with van der Waals surface area (Å²) in [5.41, 5.74) is 11.4. The highest BCUT2D eigenvalue weighted by Gasteiger charge is 2.23. The van der Waals surface area contributed by atoms with E-state index in [-0.39, 0.29) is 0 Å². The largest absolute Gasteiger partial charge is 0.308 e. The molecule has 2 heteroatoms. The van der Waals surface area contributed by atoms with E-state index in [1.165, 1.54) is 22.3 Å². The van der Waals surface area contributed by atoms with Crippen LogP contribution in [-0.2, 0) is 0 Å². The van der Waals surface area contributed by atoms with Gasteiger partial charge in [-0.25, -0.2) is 0 Å². The van der Waals surface area contributed by atoms with Crippen LogP contribution < -0.4 is 9.80 Å². The van der Waals surface area contributed by atoms with Crippen LogP contribution in [0, 0.1) is 33.8 Å². The topological polar surface area (TPSA) is 6.48 Å². The number of rotatable bonds is 6. The van der Waals surface area contributed by atoms with Crippen molar-refractivity contribution in [2.75, 3.05) is 9.80 Å². The second-order valence-electron chi connectivity index (χ2n) is 10.6. The summed E-state index contributed by atoms with van der Waals surface area (Å²) in [5.74, 6) is 0. The molecule has 0 saturated heterocycles. The Morgan fingerprint density at radius 1 is 0.425 bits per heavy atom. The Balaban J connectivity index is 1.71. The van der Waals surface area contributed by atoms with Gasteiger partial charge in [-0.3, -0.25) is 0 Å². The number of hydrogen-bond acceptors (Lipinski definition) is 2. The molecular formula is C38H33N2. The number of aryl methyl sites for hydroxylation is 4. The van der Waals surface area contributed by atoms with Crippen molar-refractivity contribution >= 4 is 44.9 Å². The Morgan fingerprint density at radius 2 is 0.850 bits per heavy atom. The molecule has 0 fully saturated rings. The lowest BCUT2D eigenvalue weighted by atomic mass is 10.0. The zero-order valence-corrected chi connectivity index (χ0v) is 23.5. The van der Waals surface area contributed by atoms with Gasteiger partial charge in [0.25, 0.3) is 0 Å². The van der Waals surface area contributed by atoms with Crippen molar-refractivity contribution in [2.45, 2.75) is 27.7 Å². The average Bonchev–Trinajstić information content (AvgIpc) is 2.94. The van der Waals surface area contributed by atoms with Crippen LogP contribution in [0.4, 0.5) is 34.1 Å². The van der Waals surface area contributed by atoms with Crippen molar-refractivity contribution < 1.29 is 0 Å². The SMILES string of the molecule is Cc1cccc(N(c2cccc(C)c2)c2[c]c3ccccc3cc2N(c2cccc(C)c2)c2cccc(C)c2)c1. The standard InChI is InChI=1S/C38H33N2/c1-27-11-7-17-33(21-27)39(34-18-8-12-28(2)22-34)37-25-31-15-5-6-16-32(31)26-38(37)40(35-19-9-13-29(3)23-35)36-20-10-14-30(4)24-36/h5-25H,1-4H3. The second kappa shape index (κ2) is 10.7. The number of anilines is 6. The van der Waals surface area contributed by atoms with E-state index in [2.05, 4.69) is 171 Å². The summed E-state index contributed by atoms with van der Waals surface area (Å²) in [4.78, 5) is 4.72. The fraction of sp³-hybridized carbons (Fsp3) is 0.105. The first kappa shape index (κ1) is 25.5. The molecule has 0 N–H and O–H groups in total. The van der Waals surface area contributed by atoms with Crippen LogP contribution in [0.2, 0.25) is 0 Å². The van der Waals surface area contributed by atoms with Crippen LogP contribution in [-0.4, -0.2) is 0 Å². The zero-order chi connectivity index (χ0) is 27.6. The minimum absolute atomic E-state index is 0.998. The summed E-state index contributed by atoms with van der Waals surface area (Å²) in [6.07, 6.45) is 0. The van der Waals surface area contributed by atoms with E-state index in [4.69, 9.17) is 0 Å². The highest BCUT2D eigenvalue weighted by molar-refractivity contribution is 5.99. The van der Waals surface area contributed by atoms with Crippen molar-refractivity contribution in [1.82, 2.24) is 0 Å². The third kappa shape index (κ3) is 5.09. The minimum Gasteiger partial charge on any atom is -0.308 e. The summed E-state index contributed by atoms with van der Waals surface area (Å²) in [6.45, 7) is 8.60. The van der Waals surface area contributed by atoms with E-state index in [0.717, 1.165) is 44.9 Å². The fourth-order valence-corrected chi connectivity index (χ4v) is 5.39. The summed E-state index contributed by atoms with van der Waals surface area (Å²) in [5, 5.41) is 2.24. The van der Waals surface area contributed by atoms with Gasteiger partial charge in [0.15, 0.2) is 0 Å². The maximum Gasteiger partial charge on any atom is 0.0788 e. The van der Waals surface area contributed by atoms with Crippen LogP contribution in [0.1, 0.15) is 22.3 Å². The smallest absolute Gasteiger partial charge is 0.0788 e. The summed E-state index contributed by atoms with van der Waals surface area (Å²) >= 11 is 0. The molecule has 0 atom stereocenters. The zero-order valence-electron chi connectivity index (χ0n) is 23.5. The Labute approximate surface area is 237 Å². The average molecular weight is 518 g/mol. The van der Waals surface area contributed by atoms with Crippen LogP contribution in [0.3, 0.4) is 0 Å². The number of benzene rings is 6. The molecule has 40 heavy (non-hydrogen) atoms. The first-order chi connectivity index (χ1) is 19.5. The summed E-state index contributed by atoms with van der Waals surface area (Å²) < 4.78 is 0. The molecule has 0 bridgehead atoms. The maximum atomic E-state index is 3.86. The normalized spacial score (nSPS) is 11.0. The molecule has 1 radical (unpaired) electrons. The molecule has 0 aromatic heterocycles. The Bertz CT molecular complexity index is 1590. The predicted molar refractivity (Wildman–Crippen MR) is 171 cm³/mol. The third-order valence-electron chi connectivity index (χ3n) is 7.25. The Morgan fingerprint density at radius 3 is 1.30 bits per heavy atom. The maximum absolute atomic E-state index is 3.86. The lowest BCUT2D eigenvalue weighted by Crippen LogP contribution is -2.17. The van der Waals surface area contributed by atoms with Gasteiger partial charge in [-0.2, -0.15) is 0 Å². The van der Waals surface area contributed by atoms with E-state index in [9.17, 15) is 0 Å². The summed E-state index contributed by atoms with van der Waals surface area (Å²) in [7, 11) is 0. The summed E-state index contributed by atoms with van der Waals surface area (Å²) in [6, 6.07) is 49.6. The van der Waals surface area contributed by atoms with Gasteiger partial charge in [-0.05, 0) is 115 Å². The third-order valence-corrected chi connectivity index (χ3v) is 7.25. The van der Waals surface area contributed by atoms with Gasteiger partial charge in [0.1, 0.15) is 0 Å². The van der Waals surface area contributed by atoms with E-state index >= 15 is 0 Å². The quantitative estimate of drug-likeness (QED) is 0.217. The Hall–Kier alpha value is -4.82. The highest BCUT2D eigenvalue weighted by atomic mass is 15.2. The molecule has 0 unspecified atom stereocenters. The molecule has 0 aliphatic heterocycles. The number of hydrogen-bond donors (Lipinski definition) is 0. The molecule has 0 amide bonds. The molecule has 0 saturated carbocycles. The molecule has 0 spiro atoms. The van der Waals surface area contributed by atoms with Crippen molar-refractivity contribution in [1.29, 1.82) is 0 Å². The molecule has 0 aliphatic rings. The number of fused-ring (bicyclic) bond motifs is 1. The predicted octanol–water partition coefficient (Wildman–Crippen LogP) is 10.8. The van der Waals surface area contributed by atoms with Crippen LogP contribution in [0.25, 0.3) is 10.8 Å². The van der Waals surface area contributed by atoms with Gasteiger partial charge in [0, 0.05) is 28.8 Å². The van der Waals surface area contributed by atoms with Crippen molar-refractivity contribution in [2.24, 2.45) is 0 Å². The molecule has 195 valence electrons. The van der Waals surface area contributed by atoms with Crippen LogP contribution >= 0.6 is 0 Å². The lowest BCUT2D eigenvalue weighted by Gasteiger charge is -2.34. The van der Waals surface area contributed by atoms with Gasteiger partial charge in [-0.1, -0.05) is 72.8 Å². The van der Waals surface area contributed by atoms with Gasteiger partial charge in [0.2, 0.25) is 0 Å². The van der Waals surface area contributed by atoms with Gasteiger partial charge < -0.3 is 9.80 Å². The number of nitrogens with zero attached hydrogens (tertiary/aromatic N) is 2. The van der Waals surface area contributed by atoms with E-state index < -0.39 is 0 Å². The van der Waals surface area contributed by atoms with Crippen molar-refractivity contribution in [3.05, 3.63) is 156 Å². The van der Waals surface area contributed by atoms with Crippen molar-refractivity contribution in [3.8, 4) is 0 Å². The first-order valence-corrected chi connectivity index (χ1v) is 13.8. The highest BCUT2D eigenvalue weighted by Crippen LogP contribution is 2.47. The lowest BCUT2D eigenvalue weighted by molar-refractivity contribution is 1.21. The molecule has 0 aliphatic carbocycles. The molecule has 0 heterocycles. The molecule has 2 nitrogen and oxygen atoms in total. The van der Waals surface area contributed by atoms with Gasteiger partial charge in [0.05, 0.1) is 11.4 Å². The Kier molecular flexibility index (Phi) is 6.84. The minimum atomic E-state index is 0.998.